The second-order valence-electron chi connectivity index (χ2n) is 4.02. The number of halogens is 1. The molecule has 1 rings (SSSR count). The van der Waals surface area contributed by atoms with Crippen LogP contribution in [-0.4, -0.2) is 23.5 Å². The van der Waals surface area contributed by atoms with E-state index in [9.17, 15) is 4.39 Å². The maximum atomic E-state index is 13.1. The molecule has 16 heavy (non-hydrogen) atoms. The lowest BCUT2D eigenvalue weighted by molar-refractivity contribution is 0.336. The van der Waals surface area contributed by atoms with E-state index in [-0.39, 0.29) is 5.82 Å². The number of nitrogens with zero attached hydrogens (tertiary/aromatic N) is 1. The van der Waals surface area contributed by atoms with Crippen LogP contribution < -0.4 is 5.73 Å². The second kappa shape index (κ2) is 5.92. The van der Waals surface area contributed by atoms with Gasteiger partial charge in [0.15, 0.2) is 0 Å². The normalized spacial score (nSPS) is 10.8. The number of rotatable bonds is 5. The molecule has 1 aromatic carbocycles. The fraction of sp³-hybridized carbons (Fsp3) is 0.417. The second-order valence-corrected chi connectivity index (χ2v) is 4.55. The molecule has 0 bridgehead atoms. The third-order valence-corrected chi connectivity index (χ3v) is 2.70. The van der Waals surface area contributed by atoms with E-state index in [2.05, 4.69) is 4.90 Å². The van der Waals surface area contributed by atoms with Crippen molar-refractivity contribution in [3.05, 3.63) is 35.1 Å². The topological polar surface area (TPSA) is 29.3 Å². The van der Waals surface area contributed by atoms with Crippen LogP contribution in [0.3, 0.4) is 0 Å². The molecule has 0 atom stereocenters. The smallest absolute Gasteiger partial charge is 0.123 e. The molecule has 0 amide bonds. The first-order valence-corrected chi connectivity index (χ1v) is 5.61. The van der Waals surface area contributed by atoms with E-state index in [1.165, 1.54) is 6.07 Å². The van der Waals surface area contributed by atoms with Gasteiger partial charge in [0, 0.05) is 19.5 Å². The molecule has 2 nitrogen and oxygen atoms in total. The van der Waals surface area contributed by atoms with Crippen molar-refractivity contribution in [2.75, 3.05) is 13.6 Å². The van der Waals surface area contributed by atoms with Crippen molar-refractivity contribution < 1.29 is 4.39 Å². The van der Waals surface area contributed by atoms with Gasteiger partial charge < -0.3 is 10.6 Å². The van der Waals surface area contributed by atoms with Crippen molar-refractivity contribution in [1.82, 2.24) is 4.90 Å². The molecule has 4 heteroatoms. The molecule has 0 saturated carbocycles. The van der Waals surface area contributed by atoms with Crippen LogP contribution in [0.1, 0.15) is 17.5 Å². The highest BCUT2D eigenvalue weighted by molar-refractivity contribution is 7.80. The third-order valence-electron chi connectivity index (χ3n) is 2.49. The molecule has 0 saturated heterocycles. The zero-order valence-electron chi connectivity index (χ0n) is 9.66. The SMILES string of the molecule is Cc1ccc(F)cc1CN(C)CCC(N)=S. The molecule has 0 heterocycles. The summed E-state index contributed by atoms with van der Waals surface area (Å²) >= 11 is 4.82. The maximum absolute atomic E-state index is 13.1. The van der Waals surface area contributed by atoms with E-state index >= 15 is 0 Å². The van der Waals surface area contributed by atoms with Gasteiger partial charge in [-0.15, -0.1) is 0 Å². The quantitative estimate of drug-likeness (QED) is 0.800. The number of benzene rings is 1. The Morgan fingerprint density at radius 2 is 2.19 bits per heavy atom. The average Bonchev–Trinajstić information content (AvgIpc) is 2.20. The Morgan fingerprint density at radius 3 is 2.81 bits per heavy atom. The van der Waals surface area contributed by atoms with Crippen molar-refractivity contribution in [2.24, 2.45) is 5.73 Å². The first-order chi connectivity index (χ1) is 7.49. The summed E-state index contributed by atoms with van der Waals surface area (Å²) in [5, 5.41) is 0. The summed E-state index contributed by atoms with van der Waals surface area (Å²) in [6, 6.07) is 4.85. The molecule has 0 aromatic heterocycles. The fourth-order valence-corrected chi connectivity index (χ4v) is 1.57. The molecular weight excluding hydrogens is 223 g/mol. The molecule has 1 aromatic rings. The van der Waals surface area contributed by atoms with Gasteiger partial charge in [-0.25, -0.2) is 4.39 Å². The lowest BCUT2D eigenvalue weighted by Gasteiger charge is -2.17. The molecule has 2 N–H and O–H groups in total. The zero-order valence-corrected chi connectivity index (χ0v) is 10.5. The molecule has 0 fully saturated rings. The maximum Gasteiger partial charge on any atom is 0.123 e. The summed E-state index contributed by atoms with van der Waals surface area (Å²) in [5.41, 5.74) is 7.54. The Kier molecular flexibility index (Phi) is 4.83. The van der Waals surface area contributed by atoms with Crippen LogP contribution in [0.25, 0.3) is 0 Å². The summed E-state index contributed by atoms with van der Waals surface area (Å²) in [6.45, 7) is 3.49. The van der Waals surface area contributed by atoms with Crippen molar-refractivity contribution >= 4 is 17.2 Å². The van der Waals surface area contributed by atoms with Crippen molar-refractivity contribution in [3.8, 4) is 0 Å². The molecule has 0 aliphatic heterocycles. The van der Waals surface area contributed by atoms with E-state index in [1.807, 2.05) is 14.0 Å². The van der Waals surface area contributed by atoms with Gasteiger partial charge in [-0.05, 0) is 37.2 Å². The van der Waals surface area contributed by atoms with E-state index in [1.54, 1.807) is 12.1 Å². The third kappa shape index (κ3) is 4.24. The Balaban J connectivity index is 2.58. The highest BCUT2D eigenvalue weighted by Crippen LogP contribution is 2.12. The first-order valence-electron chi connectivity index (χ1n) is 5.21. The monoisotopic (exact) mass is 240 g/mol. The largest absolute Gasteiger partial charge is 0.393 e. The summed E-state index contributed by atoms with van der Waals surface area (Å²) in [7, 11) is 1.97. The molecule has 0 unspecified atom stereocenters. The summed E-state index contributed by atoms with van der Waals surface area (Å²) in [4.78, 5) is 2.60. The van der Waals surface area contributed by atoms with Crippen LogP contribution in [0.15, 0.2) is 18.2 Å². The minimum atomic E-state index is -0.191. The van der Waals surface area contributed by atoms with Gasteiger partial charge in [0.25, 0.3) is 0 Å². The Bertz CT molecular complexity index is 379. The highest BCUT2D eigenvalue weighted by Gasteiger charge is 2.05. The molecule has 0 radical (unpaired) electrons. The Labute approximate surface area is 101 Å². The predicted molar refractivity (Wildman–Crippen MR) is 68.9 cm³/mol. The zero-order chi connectivity index (χ0) is 12.1. The Hall–Kier alpha value is -1.00. The lowest BCUT2D eigenvalue weighted by Crippen LogP contribution is -2.23. The minimum absolute atomic E-state index is 0.191. The van der Waals surface area contributed by atoms with E-state index in [0.29, 0.717) is 18.0 Å². The number of hydrogen-bond donors (Lipinski definition) is 1. The average molecular weight is 240 g/mol. The van der Waals surface area contributed by atoms with E-state index in [4.69, 9.17) is 18.0 Å². The summed E-state index contributed by atoms with van der Waals surface area (Å²) in [6.07, 6.45) is 0.695. The fourth-order valence-electron chi connectivity index (χ4n) is 1.48. The van der Waals surface area contributed by atoms with Gasteiger partial charge in [-0.2, -0.15) is 0 Å². The summed E-state index contributed by atoms with van der Waals surface area (Å²) < 4.78 is 13.1. The highest BCUT2D eigenvalue weighted by atomic mass is 32.1. The molecule has 0 aliphatic carbocycles. The number of nitrogens with two attached hydrogens (primary N) is 1. The number of hydrogen-bond acceptors (Lipinski definition) is 2. The van der Waals surface area contributed by atoms with Crippen LogP contribution in [0.5, 0.6) is 0 Å². The molecular formula is C12H17FN2S. The van der Waals surface area contributed by atoms with Crippen molar-refractivity contribution in [2.45, 2.75) is 19.9 Å². The van der Waals surface area contributed by atoms with Crippen LogP contribution in [0, 0.1) is 12.7 Å². The van der Waals surface area contributed by atoms with Crippen LogP contribution in [0.4, 0.5) is 4.39 Å². The van der Waals surface area contributed by atoms with Gasteiger partial charge in [-0.3, -0.25) is 0 Å². The molecule has 0 aliphatic rings. The molecule has 88 valence electrons. The number of thiocarbonyl (C=S) groups is 1. The van der Waals surface area contributed by atoms with Crippen molar-refractivity contribution in [3.63, 3.8) is 0 Å². The van der Waals surface area contributed by atoms with Gasteiger partial charge in [0.05, 0.1) is 4.99 Å². The van der Waals surface area contributed by atoms with Crippen molar-refractivity contribution in [1.29, 1.82) is 0 Å². The minimum Gasteiger partial charge on any atom is -0.393 e. The Morgan fingerprint density at radius 1 is 1.50 bits per heavy atom. The number of aryl methyl sites for hydroxylation is 1. The standard InChI is InChI=1S/C12H17FN2S/c1-9-3-4-11(13)7-10(9)8-15(2)6-5-12(14)16/h3-4,7H,5-6,8H2,1-2H3,(H2,14,16). The lowest BCUT2D eigenvalue weighted by atomic mass is 10.1. The van der Waals surface area contributed by atoms with Gasteiger partial charge in [0.1, 0.15) is 5.82 Å². The summed E-state index contributed by atoms with van der Waals surface area (Å²) in [5.74, 6) is -0.191. The molecule has 0 spiro atoms. The van der Waals surface area contributed by atoms with Crippen LogP contribution >= 0.6 is 12.2 Å². The van der Waals surface area contributed by atoms with Gasteiger partial charge in [-0.1, -0.05) is 18.3 Å². The van der Waals surface area contributed by atoms with Gasteiger partial charge >= 0.3 is 0 Å². The predicted octanol–water partition coefficient (Wildman–Crippen LogP) is 2.24. The van der Waals surface area contributed by atoms with Crippen LogP contribution in [0.2, 0.25) is 0 Å². The van der Waals surface area contributed by atoms with Gasteiger partial charge in [0.2, 0.25) is 0 Å². The van der Waals surface area contributed by atoms with Crippen LogP contribution in [-0.2, 0) is 6.54 Å². The van der Waals surface area contributed by atoms with E-state index < -0.39 is 0 Å². The van der Waals surface area contributed by atoms with E-state index in [0.717, 1.165) is 17.7 Å². The first kappa shape index (κ1) is 13.1.